The zero-order chi connectivity index (χ0) is 24.8. The van der Waals surface area contributed by atoms with Gasteiger partial charge in [-0.1, -0.05) is 78.4 Å². The van der Waals surface area contributed by atoms with Crippen molar-refractivity contribution in [3.8, 4) is 0 Å². The van der Waals surface area contributed by atoms with E-state index in [9.17, 15) is 17.6 Å². The predicted molar refractivity (Wildman–Crippen MR) is 135 cm³/mol. The van der Waals surface area contributed by atoms with Gasteiger partial charge in [0.15, 0.2) is 0 Å². The number of nitrogens with zero attached hydrogens (tertiary/aromatic N) is 1. The SMILES string of the molecule is Cc1ccc(N(CC(=O)NC(c2ccccc2)c2ccccc2)S(=O)(=O)c2ccc(F)cc2)cc1. The number of carbonyl (C=O) groups excluding carboxylic acids is 1. The molecule has 1 amide bonds. The first-order chi connectivity index (χ1) is 16.8. The Hall–Kier alpha value is -3.97. The molecule has 0 spiro atoms. The van der Waals surface area contributed by atoms with Crippen LogP contribution in [0.15, 0.2) is 114 Å². The van der Waals surface area contributed by atoms with Crippen LogP contribution in [0.4, 0.5) is 10.1 Å². The van der Waals surface area contributed by atoms with Crippen molar-refractivity contribution in [1.29, 1.82) is 0 Å². The molecule has 7 heteroatoms. The number of carbonyl (C=O) groups is 1. The second-order valence-electron chi connectivity index (χ2n) is 8.12. The number of rotatable bonds is 8. The fraction of sp³-hybridized carbons (Fsp3) is 0.107. The van der Waals surface area contributed by atoms with Gasteiger partial charge in [-0.15, -0.1) is 0 Å². The Morgan fingerprint density at radius 3 is 1.83 bits per heavy atom. The molecule has 0 aliphatic rings. The molecule has 4 rings (SSSR count). The highest BCUT2D eigenvalue weighted by Crippen LogP contribution is 2.26. The Balaban J connectivity index is 1.67. The monoisotopic (exact) mass is 488 g/mol. The van der Waals surface area contributed by atoms with Crippen LogP contribution in [0.1, 0.15) is 22.7 Å². The molecule has 0 unspecified atom stereocenters. The van der Waals surface area contributed by atoms with E-state index in [1.54, 1.807) is 24.3 Å². The summed E-state index contributed by atoms with van der Waals surface area (Å²) < 4.78 is 41.5. The third-order valence-electron chi connectivity index (χ3n) is 5.58. The van der Waals surface area contributed by atoms with Gasteiger partial charge in [0.05, 0.1) is 16.6 Å². The van der Waals surface area contributed by atoms with Crippen LogP contribution in [-0.4, -0.2) is 20.9 Å². The highest BCUT2D eigenvalue weighted by atomic mass is 32.2. The molecule has 178 valence electrons. The summed E-state index contributed by atoms with van der Waals surface area (Å²) in [7, 11) is -4.14. The lowest BCUT2D eigenvalue weighted by Gasteiger charge is -2.26. The highest BCUT2D eigenvalue weighted by molar-refractivity contribution is 7.92. The Labute approximate surface area is 204 Å². The molecule has 4 aromatic carbocycles. The summed E-state index contributed by atoms with van der Waals surface area (Å²) in [4.78, 5) is 13.2. The number of nitrogens with one attached hydrogen (secondary N) is 1. The van der Waals surface area contributed by atoms with Crippen LogP contribution in [0, 0.1) is 12.7 Å². The fourth-order valence-electron chi connectivity index (χ4n) is 3.75. The summed E-state index contributed by atoms with van der Waals surface area (Å²) in [5.74, 6) is -1.02. The molecule has 0 atom stereocenters. The van der Waals surface area contributed by atoms with E-state index in [1.165, 1.54) is 12.1 Å². The van der Waals surface area contributed by atoms with Crippen LogP contribution in [-0.2, 0) is 14.8 Å². The molecular weight excluding hydrogens is 463 g/mol. The van der Waals surface area contributed by atoms with Crippen molar-refractivity contribution in [3.63, 3.8) is 0 Å². The third kappa shape index (κ3) is 5.75. The number of hydrogen-bond acceptors (Lipinski definition) is 3. The molecule has 0 heterocycles. The van der Waals surface area contributed by atoms with E-state index in [2.05, 4.69) is 5.32 Å². The maximum absolute atomic E-state index is 13.5. The summed E-state index contributed by atoms with van der Waals surface area (Å²) in [5, 5.41) is 2.99. The summed E-state index contributed by atoms with van der Waals surface area (Å²) in [5.41, 5.74) is 3.03. The van der Waals surface area contributed by atoms with E-state index in [0.717, 1.165) is 33.1 Å². The second kappa shape index (κ2) is 10.5. The topological polar surface area (TPSA) is 66.5 Å². The van der Waals surface area contributed by atoms with Gasteiger partial charge in [0.1, 0.15) is 12.4 Å². The standard InChI is InChI=1S/C28H25FN2O3S/c1-21-12-16-25(17-13-21)31(35(33,34)26-18-14-24(29)15-19-26)20-27(32)30-28(22-8-4-2-5-9-22)23-10-6-3-7-11-23/h2-19,28H,20H2,1H3,(H,30,32). The molecule has 1 N–H and O–H groups in total. The van der Waals surface area contributed by atoms with Gasteiger partial charge >= 0.3 is 0 Å². The molecule has 0 radical (unpaired) electrons. The molecule has 35 heavy (non-hydrogen) atoms. The van der Waals surface area contributed by atoms with Gasteiger partial charge in [0.2, 0.25) is 5.91 Å². The lowest BCUT2D eigenvalue weighted by Crippen LogP contribution is -2.42. The summed E-state index contributed by atoms with van der Waals surface area (Å²) in [6.07, 6.45) is 0. The van der Waals surface area contributed by atoms with Crippen molar-refractivity contribution in [3.05, 3.63) is 132 Å². The maximum atomic E-state index is 13.5. The zero-order valence-corrected chi connectivity index (χ0v) is 20.0. The first-order valence-electron chi connectivity index (χ1n) is 11.1. The molecule has 5 nitrogen and oxygen atoms in total. The molecule has 0 saturated heterocycles. The molecule has 0 aromatic heterocycles. The van der Waals surface area contributed by atoms with Gasteiger partial charge in [0, 0.05) is 0 Å². The Morgan fingerprint density at radius 2 is 1.31 bits per heavy atom. The van der Waals surface area contributed by atoms with E-state index >= 15 is 0 Å². The largest absolute Gasteiger partial charge is 0.344 e. The zero-order valence-electron chi connectivity index (χ0n) is 19.1. The quantitative estimate of drug-likeness (QED) is 0.369. The minimum Gasteiger partial charge on any atom is -0.344 e. The Kier molecular flexibility index (Phi) is 7.27. The van der Waals surface area contributed by atoms with Gasteiger partial charge in [-0.2, -0.15) is 0 Å². The van der Waals surface area contributed by atoms with Crippen LogP contribution in [0.2, 0.25) is 0 Å². The normalized spacial score (nSPS) is 11.3. The van der Waals surface area contributed by atoms with Gasteiger partial charge in [0.25, 0.3) is 10.0 Å². The van der Waals surface area contributed by atoms with E-state index in [4.69, 9.17) is 0 Å². The van der Waals surface area contributed by atoms with Gasteiger partial charge in [-0.05, 0) is 54.4 Å². The second-order valence-corrected chi connectivity index (χ2v) is 9.99. The number of halogens is 1. The number of anilines is 1. The highest BCUT2D eigenvalue weighted by Gasteiger charge is 2.28. The van der Waals surface area contributed by atoms with Crippen LogP contribution in [0.3, 0.4) is 0 Å². The van der Waals surface area contributed by atoms with E-state index in [0.29, 0.717) is 5.69 Å². The molecule has 0 aliphatic heterocycles. The summed E-state index contributed by atoms with van der Waals surface area (Å²) >= 11 is 0. The molecule has 0 aliphatic carbocycles. The van der Waals surface area contributed by atoms with E-state index < -0.39 is 34.3 Å². The van der Waals surface area contributed by atoms with Crippen molar-refractivity contribution >= 4 is 21.6 Å². The Morgan fingerprint density at radius 1 is 0.800 bits per heavy atom. The van der Waals surface area contributed by atoms with Crippen LogP contribution >= 0.6 is 0 Å². The van der Waals surface area contributed by atoms with Crippen molar-refractivity contribution in [2.75, 3.05) is 10.8 Å². The van der Waals surface area contributed by atoms with Crippen LogP contribution in [0.5, 0.6) is 0 Å². The Bertz CT molecular complexity index is 1340. The molecule has 0 fully saturated rings. The van der Waals surface area contributed by atoms with E-state index in [-0.39, 0.29) is 4.90 Å². The molecule has 0 bridgehead atoms. The van der Waals surface area contributed by atoms with Gasteiger partial charge in [-0.25, -0.2) is 12.8 Å². The van der Waals surface area contributed by atoms with E-state index in [1.807, 2.05) is 67.6 Å². The van der Waals surface area contributed by atoms with Gasteiger partial charge < -0.3 is 5.32 Å². The lowest BCUT2D eigenvalue weighted by atomic mass is 9.99. The maximum Gasteiger partial charge on any atom is 0.264 e. The third-order valence-corrected chi connectivity index (χ3v) is 7.37. The fourth-order valence-corrected chi connectivity index (χ4v) is 5.17. The number of amides is 1. The van der Waals surface area contributed by atoms with Crippen LogP contribution < -0.4 is 9.62 Å². The minimum absolute atomic E-state index is 0.102. The molecule has 4 aromatic rings. The van der Waals surface area contributed by atoms with Gasteiger partial charge in [-0.3, -0.25) is 9.10 Å². The van der Waals surface area contributed by atoms with Crippen molar-refractivity contribution < 1.29 is 17.6 Å². The first-order valence-corrected chi connectivity index (χ1v) is 12.5. The number of hydrogen-bond donors (Lipinski definition) is 1. The van der Waals surface area contributed by atoms with Crippen molar-refractivity contribution in [2.45, 2.75) is 17.9 Å². The number of sulfonamides is 1. The first kappa shape index (κ1) is 24.2. The van der Waals surface area contributed by atoms with Crippen molar-refractivity contribution in [2.24, 2.45) is 0 Å². The summed E-state index contributed by atoms with van der Waals surface area (Å²) in [6, 6.07) is 29.9. The van der Waals surface area contributed by atoms with Crippen molar-refractivity contribution in [1.82, 2.24) is 5.32 Å². The summed E-state index contributed by atoms with van der Waals surface area (Å²) in [6.45, 7) is 1.44. The molecular formula is C28H25FN2O3S. The predicted octanol–water partition coefficient (Wildman–Crippen LogP) is 5.24. The number of benzene rings is 4. The number of aryl methyl sites for hydroxylation is 1. The van der Waals surface area contributed by atoms with Crippen LogP contribution in [0.25, 0.3) is 0 Å². The minimum atomic E-state index is -4.14. The average Bonchev–Trinajstić information content (AvgIpc) is 2.88. The molecule has 0 saturated carbocycles. The lowest BCUT2D eigenvalue weighted by molar-refractivity contribution is -0.120. The average molecular weight is 489 g/mol. The smallest absolute Gasteiger partial charge is 0.264 e.